The number of anilines is 1. The van der Waals surface area contributed by atoms with Gasteiger partial charge in [0.1, 0.15) is 35.0 Å². The molecule has 0 aliphatic heterocycles. The van der Waals surface area contributed by atoms with E-state index in [-0.39, 0.29) is 40.6 Å². The Bertz CT molecular complexity index is 2280. The lowest BCUT2D eigenvalue weighted by atomic mass is 10.0. The van der Waals surface area contributed by atoms with Gasteiger partial charge in [0.05, 0.1) is 17.5 Å². The highest BCUT2D eigenvalue weighted by atomic mass is 32.2. The number of aliphatic hydroxyl groups is 1. The number of sulfonamides is 1. The Hall–Kier alpha value is -6.03. The van der Waals surface area contributed by atoms with Crippen LogP contribution >= 0.6 is 0 Å². The number of nitrogens with zero attached hydrogens (tertiary/aromatic N) is 1. The fourth-order valence-corrected chi connectivity index (χ4v) is 6.58. The van der Waals surface area contributed by atoms with Crippen LogP contribution in [-0.4, -0.2) is 73.5 Å². The Morgan fingerprint density at radius 1 is 1.02 bits per heavy atom. The molecular weight excluding hydrogens is 711 g/mol. The second-order valence-corrected chi connectivity index (χ2v) is 15.0. The number of carboxylic acids is 1. The second-order valence-electron chi connectivity index (χ2n) is 13.1. The molecule has 0 saturated heterocycles. The van der Waals surface area contributed by atoms with E-state index in [1.807, 2.05) is 0 Å². The summed E-state index contributed by atoms with van der Waals surface area (Å²) in [6.07, 6.45) is 2.99. The summed E-state index contributed by atoms with van der Waals surface area (Å²) in [6, 6.07) is 14.5. The molecule has 0 radical (unpaired) electrons. The fraction of sp³-hybridized carbons (Fsp3) is 0.270. The molecule has 14 nitrogen and oxygen atoms in total. The molecule has 5 rings (SSSR count). The Balaban J connectivity index is 1.38. The van der Waals surface area contributed by atoms with Gasteiger partial charge in [0.25, 0.3) is 11.7 Å². The van der Waals surface area contributed by atoms with E-state index >= 15 is 0 Å². The number of halogens is 1. The number of hydrogen-bond acceptors (Lipinski definition) is 9. The third-order valence-corrected chi connectivity index (χ3v) is 9.67. The lowest BCUT2D eigenvalue weighted by Gasteiger charge is -2.29. The van der Waals surface area contributed by atoms with Crippen LogP contribution in [0.3, 0.4) is 0 Å². The van der Waals surface area contributed by atoms with Gasteiger partial charge in [0.2, 0.25) is 21.8 Å². The van der Waals surface area contributed by atoms with Gasteiger partial charge >= 0.3 is 5.97 Å². The molecule has 0 unspecified atom stereocenters. The number of aliphatic hydroxyl groups excluding tert-OH is 1. The molecule has 4 aromatic rings. The first kappa shape index (κ1) is 38.2. The first-order chi connectivity index (χ1) is 24.9. The number of carboxylic acid groups (broad SMARTS) is 1. The Morgan fingerprint density at radius 2 is 1.70 bits per heavy atom. The maximum Gasteiger partial charge on any atom is 0.376 e. The quantitative estimate of drug-likeness (QED) is 0.0710. The highest BCUT2D eigenvalue weighted by Gasteiger charge is 2.35. The maximum absolute atomic E-state index is 13.7. The van der Waals surface area contributed by atoms with E-state index in [1.54, 1.807) is 12.1 Å². The first-order valence-corrected chi connectivity index (χ1v) is 18.2. The minimum atomic E-state index is -4.11. The van der Waals surface area contributed by atoms with Gasteiger partial charge < -0.3 is 30.6 Å². The Labute approximate surface area is 303 Å². The van der Waals surface area contributed by atoms with Gasteiger partial charge in [-0.15, -0.1) is 0 Å². The summed E-state index contributed by atoms with van der Waals surface area (Å²) in [5, 5.41) is 27.2. The van der Waals surface area contributed by atoms with Crippen molar-refractivity contribution in [1.82, 2.24) is 16.0 Å². The molecule has 53 heavy (non-hydrogen) atoms. The standard InChI is InChI=1S/C37H37FN4O10S/c1-37(2,36(49)40-18-20-6-5-7-23(14-20)28(43)17-29(44)35(47)48)41-31(45)19-42(53(4,50)51)27-16-30-26(15-25(27)21-8-9-21)32(34(46)39-3)33(52-30)22-10-12-24(38)13-11-22/h5-7,10-17,21,43H,8-9,18-19H2,1-4H3,(H,39,46)(H,40,49)(H,41,45)(H,47,48)/b28-17-. The molecule has 1 saturated carbocycles. The van der Waals surface area contributed by atoms with Crippen molar-refractivity contribution in [3.8, 4) is 11.3 Å². The largest absolute Gasteiger partial charge is 0.507 e. The second kappa shape index (κ2) is 14.9. The molecule has 1 aliphatic rings. The zero-order valence-electron chi connectivity index (χ0n) is 29.2. The summed E-state index contributed by atoms with van der Waals surface area (Å²) >= 11 is 0. The third-order valence-electron chi connectivity index (χ3n) is 8.55. The van der Waals surface area contributed by atoms with Crippen molar-refractivity contribution in [3.63, 3.8) is 0 Å². The fourth-order valence-electron chi connectivity index (χ4n) is 5.71. The predicted octanol–water partition coefficient (Wildman–Crippen LogP) is 4.01. The van der Waals surface area contributed by atoms with Gasteiger partial charge in [-0.1, -0.05) is 18.2 Å². The zero-order chi connectivity index (χ0) is 38.8. The van der Waals surface area contributed by atoms with Crippen LogP contribution in [-0.2, 0) is 35.7 Å². The number of benzene rings is 3. The minimum Gasteiger partial charge on any atom is -0.507 e. The van der Waals surface area contributed by atoms with Crippen molar-refractivity contribution in [2.24, 2.45) is 0 Å². The topological polar surface area (TPSA) is 212 Å². The number of carbonyl (C=O) groups is 5. The molecule has 278 valence electrons. The maximum atomic E-state index is 13.7. The number of amides is 3. The van der Waals surface area contributed by atoms with Crippen molar-refractivity contribution >= 4 is 61.9 Å². The molecule has 3 aromatic carbocycles. The van der Waals surface area contributed by atoms with Crippen molar-refractivity contribution in [2.75, 3.05) is 24.2 Å². The van der Waals surface area contributed by atoms with Crippen molar-refractivity contribution < 1.29 is 51.4 Å². The van der Waals surface area contributed by atoms with Crippen LogP contribution in [0.5, 0.6) is 0 Å². The molecule has 1 aliphatic carbocycles. The van der Waals surface area contributed by atoms with Gasteiger partial charge in [-0.3, -0.25) is 23.5 Å². The zero-order valence-corrected chi connectivity index (χ0v) is 30.0. The van der Waals surface area contributed by atoms with Crippen molar-refractivity contribution in [3.05, 3.63) is 94.8 Å². The van der Waals surface area contributed by atoms with E-state index in [1.165, 1.54) is 69.4 Å². The molecular formula is C37H37FN4O10S. The van der Waals surface area contributed by atoms with Crippen LogP contribution in [0.1, 0.15) is 59.7 Å². The van der Waals surface area contributed by atoms with Gasteiger partial charge in [0.15, 0.2) is 0 Å². The molecule has 0 atom stereocenters. The number of fused-ring (bicyclic) bond motifs is 1. The van der Waals surface area contributed by atoms with Crippen LogP contribution in [0.15, 0.2) is 71.2 Å². The van der Waals surface area contributed by atoms with E-state index in [9.17, 15) is 41.9 Å². The van der Waals surface area contributed by atoms with Crippen LogP contribution in [0.25, 0.3) is 28.1 Å². The normalized spacial score (nSPS) is 13.3. The number of hydrogen-bond donors (Lipinski definition) is 5. The van der Waals surface area contributed by atoms with E-state index < -0.39 is 63.2 Å². The van der Waals surface area contributed by atoms with Crippen molar-refractivity contribution in [1.29, 1.82) is 0 Å². The number of ketones is 1. The smallest absolute Gasteiger partial charge is 0.376 e. The summed E-state index contributed by atoms with van der Waals surface area (Å²) in [4.78, 5) is 62.0. The first-order valence-electron chi connectivity index (χ1n) is 16.3. The molecule has 5 N–H and O–H groups in total. The highest BCUT2D eigenvalue weighted by molar-refractivity contribution is 7.92. The summed E-state index contributed by atoms with van der Waals surface area (Å²) < 4.78 is 47.3. The van der Waals surface area contributed by atoms with Crippen LogP contribution < -0.4 is 20.3 Å². The van der Waals surface area contributed by atoms with Gasteiger partial charge in [0, 0.05) is 42.2 Å². The molecule has 16 heteroatoms. The number of aliphatic carboxylic acids is 1. The molecule has 0 spiro atoms. The van der Waals surface area contributed by atoms with Gasteiger partial charge in [-0.05, 0) is 80.1 Å². The number of rotatable bonds is 14. The molecule has 3 amide bonds. The van der Waals surface area contributed by atoms with Crippen LogP contribution in [0, 0.1) is 5.82 Å². The van der Waals surface area contributed by atoms with Crippen LogP contribution in [0.2, 0.25) is 0 Å². The van der Waals surface area contributed by atoms with E-state index in [4.69, 9.17) is 9.52 Å². The average molecular weight is 749 g/mol. The molecule has 1 fully saturated rings. The Morgan fingerprint density at radius 3 is 2.30 bits per heavy atom. The van der Waals surface area contributed by atoms with Gasteiger partial charge in [-0.2, -0.15) is 0 Å². The third kappa shape index (κ3) is 8.72. The van der Waals surface area contributed by atoms with Crippen LogP contribution in [0.4, 0.5) is 10.1 Å². The van der Waals surface area contributed by atoms with Crippen molar-refractivity contribution in [2.45, 2.75) is 44.7 Å². The number of nitrogens with one attached hydrogen (secondary N) is 3. The average Bonchev–Trinajstić information content (AvgIpc) is 3.88. The Kier molecular flexibility index (Phi) is 10.7. The lowest BCUT2D eigenvalue weighted by Crippen LogP contribution is -2.56. The monoisotopic (exact) mass is 748 g/mol. The van der Waals surface area contributed by atoms with E-state index in [0.29, 0.717) is 28.2 Å². The molecule has 1 aromatic heterocycles. The van der Waals surface area contributed by atoms with Gasteiger partial charge in [-0.25, -0.2) is 17.6 Å². The molecule has 1 heterocycles. The summed E-state index contributed by atoms with van der Waals surface area (Å²) in [7, 11) is -2.65. The lowest BCUT2D eigenvalue weighted by molar-refractivity contribution is -0.146. The summed E-state index contributed by atoms with van der Waals surface area (Å²) in [5.41, 5.74) is 0.603. The van der Waals surface area contributed by atoms with E-state index in [0.717, 1.165) is 23.4 Å². The van der Waals surface area contributed by atoms with E-state index in [2.05, 4.69) is 16.0 Å². The summed E-state index contributed by atoms with van der Waals surface area (Å²) in [5.74, 6) is -5.91. The highest BCUT2D eigenvalue weighted by Crippen LogP contribution is 2.48. The number of furan rings is 1. The molecule has 0 bridgehead atoms. The SMILES string of the molecule is CNC(=O)c1c(-c2ccc(F)cc2)oc2cc(N(CC(=O)NC(C)(C)C(=O)NCc3cccc(/C(O)=C/C(=O)C(=O)O)c3)S(C)(=O)=O)c(C3CC3)cc12. The number of carbonyl (C=O) groups excluding carboxylic acids is 4. The summed E-state index contributed by atoms with van der Waals surface area (Å²) in [6.45, 7) is 2.08. The predicted molar refractivity (Wildman–Crippen MR) is 193 cm³/mol. The minimum absolute atomic E-state index is 0.0563.